The number of aliphatic hydroxyl groups is 2. The Morgan fingerprint density at radius 3 is 2.73 bits per heavy atom. The molecule has 1 aliphatic heterocycles. The van der Waals surface area contributed by atoms with E-state index < -0.39 is 17.0 Å². The highest BCUT2D eigenvalue weighted by Crippen LogP contribution is 2.77. The summed E-state index contributed by atoms with van der Waals surface area (Å²) in [6.07, 6.45) is 12.3. The highest BCUT2D eigenvalue weighted by Gasteiger charge is 2.75. The summed E-state index contributed by atoms with van der Waals surface area (Å²) >= 11 is 0. The van der Waals surface area contributed by atoms with Crippen molar-refractivity contribution in [2.75, 3.05) is 39.9 Å². The molecule has 8 atom stereocenters. The minimum atomic E-state index is -1.57. The fourth-order valence-corrected chi connectivity index (χ4v) is 10.5. The first-order valence-electron chi connectivity index (χ1n) is 17.0. The molecule has 9 heteroatoms. The lowest BCUT2D eigenvalue weighted by molar-refractivity contribution is -0.143. The van der Waals surface area contributed by atoms with Gasteiger partial charge >= 0.3 is 5.97 Å². The average molecular weight is 621 g/mol. The Morgan fingerprint density at radius 1 is 1.20 bits per heavy atom. The second-order valence-corrected chi connectivity index (χ2v) is 14.5. The molecule has 45 heavy (non-hydrogen) atoms. The Morgan fingerprint density at radius 2 is 2.00 bits per heavy atom. The number of hydrogen-bond acceptors (Lipinski definition) is 6. The predicted molar refractivity (Wildman–Crippen MR) is 174 cm³/mol. The third kappa shape index (κ3) is 5.43. The van der Waals surface area contributed by atoms with Crippen molar-refractivity contribution in [1.82, 2.24) is 10.2 Å². The lowest BCUT2D eigenvalue weighted by Gasteiger charge is -2.61. The standard InChI is InChI=1S/C36H52N4O5/c1-24-11-12-27-19-30-31(32(42)43)34(44,23-45-29-10-6-9-26(18-29)17-25-7-4-3-5-8-25)21-35(24,30)36(27)22-40(33(37)38-2)15-13-28(36)20-39-14-16-41/h3-5,7-8,13,15,24,26-29,39,41,44H,6,9-12,14,16-23H2,1-2H3,(H2,37,38)(H,42,43)/t24-,26-,27-,28-,29+,34+,35+,36-/m1/s1. The largest absolute Gasteiger partial charge is 0.478 e. The summed E-state index contributed by atoms with van der Waals surface area (Å²) < 4.78 is 6.56. The number of nitrogens with one attached hydrogen (secondary N) is 1. The molecule has 6 N–H and O–H groups in total. The summed E-state index contributed by atoms with van der Waals surface area (Å²) in [6.45, 7) is 4.07. The van der Waals surface area contributed by atoms with Crippen LogP contribution in [0.25, 0.3) is 0 Å². The molecule has 2 spiro atoms. The number of allylic oxidation sites excluding steroid dienone is 1. The van der Waals surface area contributed by atoms with E-state index in [2.05, 4.69) is 47.6 Å². The molecule has 9 nitrogen and oxygen atoms in total. The van der Waals surface area contributed by atoms with Gasteiger partial charge in [-0.25, -0.2) is 4.79 Å². The van der Waals surface area contributed by atoms with Gasteiger partial charge in [0.05, 0.1) is 24.9 Å². The van der Waals surface area contributed by atoms with Gasteiger partial charge in [0.1, 0.15) is 5.60 Å². The molecule has 0 aromatic heterocycles. The first kappa shape index (κ1) is 32.2. The molecular weight excluding hydrogens is 568 g/mol. The number of aliphatic hydroxyl groups excluding tert-OH is 1. The molecule has 4 aliphatic carbocycles. The van der Waals surface area contributed by atoms with Crippen molar-refractivity contribution in [3.8, 4) is 0 Å². The summed E-state index contributed by atoms with van der Waals surface area (Å²) in [4.78, 5) is 19.5. The Labute approximate surface area is 267 Å². The summed E-state index contributed by atoms with van der Waals surface area (Å²) in [5.74, 6) is 0.419. The van der Waals surface area contributed by atoms with Crippen LogP contribution >= 0.6 is 0 Å². The van der Waals surface area contributed by atoms with Crippen LogP contribution in [0.2, 0.25) is 0 Å². The second-order valence-electron chi connectivity index (χ2n) is 14.5. The van der Waals surface area contributed by atoms with Gasteiger partial charge in [-0.2, -0.15) is 0 Å². The highest BCUT2D eigenvalue weighted by atomic mass is 16.5. The minimum absolute atomic E-state index is 0.00160. The Kier molecular flexibility index (Phi) is 9.18. The summed E-state index contributed by atoms with van der Waals surface area (Å²) in [5.41, 5.74) is 6.39. The second kappa shape index (κ2) is 12.8. The Hall–Kier alpha value is -2.72. The van der Waals surface area contributed by atoms with E-state index in [1.807, 2.05) is 17.2 Å². The first-order valence-corrected chi connectivity index (χ1v) is 17.0. The number of carbonyl (C=O) groups is 1. The zero-order valence-electron chi connectivity index (χ0n) is 27.0. The lowest BCUT2D eigenvalue weighted by atomic mass is 9.46. The van der Waals surface area contributed by atoms with Crippen molar-refractivity contribution in [3.63, 3.8) is 0 Å². The SMILES string of the molecule is CN=C(N)N1C=C[C@H](CNCCO)[C@@]2(C1)[C@@H]1CC[C@@H](C)[C@]23C[C@](O)(CO[C@H]2CCC[C@H](Cc4ccccc4)C2)C(C(=O)O)=C3C1. The van der Waals surface area contributed by atoms with Crippen molar-refractivity contribution in [3.05, 3.63) is 59.3 Å². The molecule has 2 bridgehead atoms. The van der Waals surface area contributed by atoms with E-state index in [0.29, 0.717) is 44.4 Å². The van der Waals surface area contributed by atoms with E-state index in [-0.39, 0.29) is 48.1 Å². The van der Waals surface area contributed by atoms with Crippen LogP contribution in [-0.4, -0.2) is 83.7 Å². The molecule has 0 radical (unpaired) electrons. The smallest absolute Gasteiger partial charge is 0.334 e. The summed E-state index contributed by atoms with van der Waals surface area (Å²) in [5, 5.41) is 36.3. The van der Waals surface area contributed by atoms with Crippen LogP contribution in [0.5, 0.6) is 0 Å². The molecule has 246 valence electrons. The number of hydrogen-bond donors (Lipinski definition) is 5. The Balaban J connectivity index is 1.31. The minimum Gasteiger partial charge on any atom is -0.478 e. The van der Waals surface area contributed by atoms with Crippen molar-refractivity contribution in [2.45, 2.75) is 76.4 Å². The molecule has 0 amide bonds. The maximum Gasteiger partial charge on any atom is 0.334 e. The van der Waals surface area contributed by atoms with Gasteiger partial charge in [-0.05, 0) is 86.2 Å². The zero-order valence-corrected chi connectivity index (χ0v) is 27.0. The molecule has 5 aliphatic rings. The van der Waals surface area contributed by atoms with Crippen LogP contribution in [0.3, 0.4) is 0 Å². The van der Waals surface area contributed by atoms with Crippen molar-refractivity contribution in [1.29, 1.82) is 0 Å². The van der Waals surface area contributed by atoms with Gasteiger partial charge in [-0.15, -0.1) is 0 Å². The van der Waals surface area contributed by atoms with E-state index >= 15 is 0 Å². The number of rotatable bonds is 10. The van der Waals surface area contributed by atoms with Gasteiger partial charge in [-0.1, -0.05) is 49.8 Å². The number of aliphatic imine (C=N–C) groups is 1. The Bertz CT molecular complexity index is 1330. The van der Waals surface area contributed by atoms with E-state index in [4.69, 9.17) is 10.5 Å². The third-order valence-electron chi connectivity index (χ3n) is 12.3. The van der Waals surface area contributed by atoms with Crippen LogP contribution in [-0.2, 0) is 16.0 Å². The van der Waals surface area contributed by atoms with Crippen LogP contribution < -0.4 is 11.1 Å². The van der Waals surface area contributed by atoms with Gasteiger partial charge in [0.15, 0.2) is 5.96 Å². The van der Waals surface area contributed by atoms with Gasteiger partial charge in [-0.3, -0.25) is 4.99 Å². The predicted octanol–water partition coefficient (Wildman–Crippen LogP) is 3.72. The number of nitrogens with zero attached hydrogens (tertiary/aromatic N) is 2. The van der Waals surface area contributed by atoms with E-state index in [0.717, 1.165) is 50.5 Å². The van der Waals surface area contributed by atoms with Crippen LogP contribution in [0.1, 0.15) is 63.9 Å². The van der Waals surface area contributed by atoms with Gasteiger partial charge in [0.25, 0.3) is 0 Å². The average Bonchev–Trinajstić information content (AvgIpc) is 3.38. The first-order chi connectivity index (χ1) is 21.7. The molecule has 3 saturated carbocycles. The zero-order chi connectivity index (χ0) is 31.8. The number of benzene rings is 1. The molecule has 6 rings (SSSR count). The van der Waals surface area contributed by atoms with Crippen LogP contribution in [0.15, 0.2) is 58.7 Å². The molecule has 0 saturated heterocycles. The summed E-state index contributed by atoms with van der Waals surface area (Å²) in [7, 11) is 1.69. The third-order valence-corrected chi connectivity index (χ3v) is 12.3. The monoisotopic (exact) mass is 620 g/mol. The lowest BCUT2D eigenvalue weighted by Crippen LogP contribution is -2.62. The highest BCUT2D eigenvalue weighted by molar-refractivity contribution is 5.92. The fraction of sp³-hybridized carbons (Fsp3) is 0.667. The number of aliphatic carboxylic acids is 1. The number of carboxylic acid groups (broad SMARTS) is 1. The van der Waals surface area contributed by atoms with E-state index in [1.54, 1.807) is 7.05 Å². The molecule has 0 unspecified atom stereocenters. The maximum atomic E-state index is 13.2. The van der Waals surface area contributed by atoms with Crippen molar-refractivity contribution >= 4 is 11.9 Å². The quantitative estimate of drug-likeness (QED) is 0.152. The fourth-order valence-electron chi connectivity index (χ4n) is 10.5. The maximum absolute atomic E-state index is 13.2. The van der Waals surface area contributed by atoms with Crippen LogP contribution in [0.4, 0.5) is 0 Å². The van der Waals surface area contributed by atoms with Crippen LogP contribution in [0, 0.1) is 34.5 Å². The number of nitrogens with two attached hydrogens (primary N) is 1. The molecule has 3 fully saturated rings. The summed E-state index contributed by atoms with van der Waals surface area (Å²) in [6, 6.07) is 10.6. The van der Waals surface area contributed by atoms with Crippen molar-refractivity contribution in [2.24, 2.45) is 45.2 Å². The van der Waals surface area contributed by atoms with E-state index in [9.17, 15) is 20.1 Å². The molecule has 1 aromatic rings. The van der Waals surface area contributed by atoms with Gasteiger partial charge in [0, 0.05) is 43.7 Å². The number of carboxylic acids is 1. The number of ether oxygens (including phenoxy) is 1. The van der Waals surface area contributed by atoms with Gasteiger partial charge < -0.3 is 36.0 Å². The molecular formula is C36H52N4O5. The topological polar surface area (TPSA) is 141 Å². The van der Waals surface area contributed by atoms with Crippen molar-refractivity contribution < 1.29 is 24.9 Å². The number of guanidine groups is 1. The molecule has 1 heterocycles. The normalized spacial score (nSPS) is 37.8. The van der Waals surface area contributed by atoms with E-state index in [1.165, 1.54) is 5.56 Å². The molecule has 1 aromatic carbocycles. The van der Waals surface area contributed by atoms with Gasteiger partial charge in [0.2, 0.25) is 0 Å².